The molecule has 0 aliphatic heterocycles. The predicted molar refractivity (Wildman–Crippen MR) is 105 cm³/mol. The minimum atomic E-state index is -3.54. The maximum Gasteiger partial charge on any atom is 0.243 e. The standard InChI is InChI=1S/C19H27N3O4S/c1-14(2)22(5)27(24,25)17-10-8-16(9-11-17)20-19(23)13-21(4)15(3)18-7-6-12-26-18/h6-12,14-15H,13H2,1-5H3,(H,20,23). The van der Waals surface area contributed by atoms with Gasteiger partial charge in [-0.15, -0.1) is 0 Å². The predicted octanol–water partition coefficient (Wildman–Crippen LogP) is 2.94. The van der Waals surface area contributed by atoms with Gasteiger partial charge in [0.15, 0.2) is 0 Å². The van der Waals surface area contributed by atoms with Crippen LogP contribution in [0.3, 0.4) is 0 Å². The molecule has 0 saturated carbocycles. The van der Waals surface area contributed by atoms with Crippen LogP contribution >= 0.6 is 0 Å². The van der Waals surface area contributed by atoms with Gasteiger partial charge in [-0.3, -0.25) is 9.69 Å². The summed E-state index contributed by atoms with van der Waals surface area (Å²) in [6.07, 6.45) is 1.60. The van der Waals surface area contributed by atoms with Gasteiger partial charge in [-0.1, -0.05) is 0 Å². The Morgan fingerprint density at radius 3 is 2.26 bits per heavy atom. The molecule has 0 radical (unpaired) electrons. The fraction of sp³-hybridized carbons (Fsp3) is 0.421. The van der Waals surface area contributed by atoms with Gasteiger partial charge >= 0.3 is 0 Å². The lowest BCUT2D eigenvalue weighted by Crippen LogP contribution is -2.33. The Bertz CT molecular complexity index is 846. The lowest BCUT2D eigenvalue weighted by molar-refractivity contribution is -0.117. The van der Waals surface area contributed by atoms with E-state index in [1.54, 1.807) is 25.4 Å². The third-order valence-corrected chi connectivity index (χ3v) is 6.60. The molecule has 0 saturated heterocycles. The summed E-state index contributed by atoms with van der Waals surface area (Å²) >= 11 is 0. The number of nitrogens with one attached hydrogen (secondary N) is 1. The van der Waals surface area contributed by atoms with E-state index in [1.165, 1.54) is 16.4 Å². The average molecular weight is 394 g/mol. The molecule has 0 fully saturated rings. The third kappa shape index (κ3) is 5.18. The van der Waals surface area contributed by atoms with E-state index in [-0.39, 0.29) is 29.4 Å². The van der Waals surface area contributed by atoms with E-state index >= 15 is 0 Å². The zero-order valence-electron chi connectivity index (χ0n) is 16.3. The van der Waals surface area contributed by atoms with Gasteiger partial charge in [0.25, 0.3) is 0 Å². The molecule has 148 valence electrons. The van der Waals surface area contributed by atoms with Crippen LogP contribution < -0.4 is 5.32 Å². The number of sulfonamides is 1. The maximum atomic E-state index is 12.5. The normalized spacial score (nSPS) is 13.3. The van der Waals surface area contributed by atoms with Crippen molar-refractivity contribution in [2.75, 3.05) is 26.0 Å². The Labute approximate surface area is 161 Å². The highest BCUT2D eigenvalue weighted by Crippen LogP contribution is 2.20. The van der Waals surface area contributed by atoms with Crippen molar-refractivity contribution in [3.05, 3.63) is 48.4 Å². The molecule has 0 spiro atoms. The molecular weight excluding hydrogens is 366 g/mol. The lowest BCUT2D eigenvalue weighted by atomic mass is 10.2. The summed E-state index contributed by atoms with van der Waals surface area (Å²) in [5, 5.41) is 2.78. The number of anilines is 1. The zero-order chi connectivity index (χ0) is 20.2. The van der Waals surface area contributed by atoms with Crippen LogP contribution in [0, 0.1) is 0 Å². The summed E-state index contributed by atoms with van der Waals surface area (Å²) in [7, 11) is -0.152. The largest absolute Gasteiger partial charge is 0.468 e. The lowest BCUT2D eigenvalue weighted by Gasteiger charge is -2.22. The van der Waals surface area contributed by atoms with Gasteiger partial charge in [-0.25, -0.2) is 8.42 Å². The number of hydrogen-bond donors (Lipinski definition) is 1. The number of nitrogens with zero attached hydrogens (tertiary/aromatic N) is 2. The van der Waals surface area contributed by atoms with Crippen molar-refractivity contribution in [2.24, 2.45) is 0 Å². The highest BCUT2D eigenvalue weighted by atomic mass is 32.2. The topological polar surface area (TPSA) is 82.9 Å². The smallest absolute Gasteiger partial charge is 0.243 e. The summed E-state index contributed by atoms with van der Waals surface area (Å²) in [4.78, 5) is 14.3. The van der Waals surface area contributed by atoms with E-state index in [4.69, 9.17) is 4.42 Å². The first-order valence-electron chi connectivity index (χ1n) is 8.74. The molecular formula is C19H27N3O4S. The maximum absolute atomic E-state index is 12.5. The number of amides is 1. The van der Waals surface area contributed by atoms with Gasteiger partial charge in [0.05, 0.1) is 23.7 Å². The van der Waals surface area contributed by atoms with Crippen LogP contribution in [0.1, 0.15) is 32.6 Å². The molecule has 1 N–H and O–H groups in total. The molecule has 0 aliphatic rings. The van der Waals surface area contributed by atoms with Crippen molar-refractivity contribution in [3.8, 4) is 0 Å². The summed E-state index contributed by atoms with van der Waals surface area (Å²) in [6.45, 7) is 5.76. The summed E-state index contributed by atoms with van der Waals surface area (Å²) < 4.78 is 31.6. The number of carbonyl (C=O) groups excluding carboxylic acids is 1. The first-order chi connectivity index (χ1) is 12.6. The van der Waals surface area contributed by atoms with Crippen LogP contribution in [0.4, 0.5) is 5.69 Å². The number of hydrogen-bond acceptors (Lipinski definition) is 5. The molecule has 0 bridgehead atoms. The molecule has 1 atom stereocenters. The van der Waals surface area contributed by atoms with E-state index in [2.05, 4.69) is 5.32 Å². The van der Waals surface area contributed by atoms with Crippen LogP contribution in [-0.4, -0.2) is 50.2 Å². The van der Waals surface area contributed by atoms with Gasteiger partial charge in [0.1, 0.15) is 5.76 Å². The molecule has 1 heterocycles. The number of carbonyl (C=O) groups is 1. The van der Waals surface area contributed by atoms with E-state index in [9.17, 15) is 13.2 Å². The SMILES string of the molecule is CC(c1ccco1)N(C)CC(=O)Nc1ccc(S(=O)(=O)N(C)C(C)C)cc1. The monoisotopic (exact) mass is 393 g/mol. The van der Waals surface area contributed by atoms with E-state index in [1.807, 2.05) is 44.9 Å². The average Bonchev–Trinajstić information content (AvgIpc) is 3.15. The fourth-order valence-corrected chi connectivity index (χ4v) is 3.83. The minimum Gasteiger partial charge on any atom is -0.468 e. The van der Waals surface area contributed by atoms with E-state index in [0.717, 1.165) is 5.76 Å². The number of likely N-dealkylation sites (N-methyl/N-ethyl adjacent to an activating group) is 1. The highest BCUT2D eigenvalue weighted by Gasteiger charge is 2.23. The van der Waals surface area contributed by atoms with Crippen LogP contribution in [0.5, 0.6) is 0 Å². The Morgan fingerprint density at radius 1 is 1.11 bits per heavy atom. The minimum absolute atomic E-state index is 0.0372. The van der Waals surface area contributed by atoms with Gasteiger partial charge in [0.2, 0.25) is 15.9 Å². The van der Waals surface area contributed by atoms with Gasteiger partial charge in [-0.05, 0) is 64.2 Å². The van der Waals surface area contributed by atoms with Crippen molar-refractivity contribution in [1.29, 1.82) is 0 Å². The molecule has 1 unspecified atom stereocenters. The summed E-state index contributed by atoms with van der Waals surface area (Å²) in [6, 6.07) is 9.69. The molecule has 8 heteroatoms. The quantitative estimate of drug-likeness (QED) is 0.746. The molecule has 1 aromatic carbocycles. The zero-order valence-corrected chi connectivity index (χ0v) is 17.2. The highest BCUT2D eigenvalue weighted by molar-refractivity contribution is 7.89. The van der Waals surface area contributed by atoms with Gasteiger partial charge < -0.3 is 9.73 Å². The molecule has 0 aliphatic carbocycles. The Balaban J connectivity index is 1.99. The first kappa shape index (κ1) is 21.1. The summed E-state index contributed by atoms with van der Waals surface area (Å²) in [5.74, 6) is 0.597. The second-order valence-electron chi connectivity index (χ2n) is 6.79. The number of benzene rings is 1. The number of furan rings is 1. The molecule has 2 rings (SSSR count). The van der Waals surface area contributed by atoms with Crippen LogP contribution in [0.2, 0.25) is 0 Å². The molecule has 2 aromatic rings. The van der Waals surface area contributed by atoms with Crippen molar-refractivity contribution in [3.63, 3.8) is 0 Å². The van der Waals surface area contributed by atoms with E-state index in [0.29, 0.717) is 5.69 Å². The van der Waals surface area contributed by atoms with Crippen LogP contribution in [0.25, 0.3) is 0 Å². The fourth-order valence-electron chi connectivity index (χ4n) is 2.46. The van der Waals surface area contributed by atoms with Crippen molar-refractivity contribution in [2.45, 2.75) is 37.8 Å². The molecule has 1 aromatic heterocycles. The second kappa shape index (κ2) is 8.69. The Kier molecular flexibility index (Phi) is 6.80. The van der Waals surface area contributed by atoms with E-state index < -0.39 is 10.0 Å². The summed E-state index contributed by atoms with van der Waals surface area (Å²) in [5.41, 5.74) is 0.546. The van der Waals surface area contributed by atoms with Crippen molar-refractivity contribution in [1.82, 2.24) is 9.21 Å². The first-order valence-corrected chi connectivity index (χ1v) is 10.2. The molecule has 7 nitrogen and oxygen atoms in total. The van der Waals surface area contributed by atoms with Crippen molar-refractivity contribution >= 4 is 21.6 Å². The molecule has 27 heavy (non-hydrogen) atoms. The van der Waals surface area contributed by atoms with Gasteiger partial charge in [0, 0.05) is 18.8 Å². The third-order valence-electron chi connectivity index (χ3n) is 4.55. The van der Waals surface area contributed by atoms with Crippen LogP contribution in [0.15, 0.2) is 52.0 Å². The Hall–Kier alpha value is -2.16. The van der Waals surface area contributed by atoms with Gasteiger partial charge in [-0.2, -0.15) is 4.31 Å². The Morgan fingerprint density at radius 2 is 1.74 bits per heavy atom. The van der Waals surface area contributed by atoms with Crippen LogP contribution in [-0.2, 0) is 14.8 Å². The van der Waals surface area contributed by atoms with Crippen molar-refractivity contribution < 1.29 is 17.6 Å². The number of rotatable bonds is 8. The second-order valence-corrected chi connectivity index (χ2v) is 8.79. The molecule has 1 amide bonds.